The number of nitriles is 1. The van der Waals surface area contributed by atoms with Crippen LogP contribution >= 0.6 is 10.6 Å². The predicted octanol–water partition coefficient (Wildman–Crippen LogP) is 3.10. The maximum Gasteiger partial charge on any atom is 0.225 e. The fourth-order valence-corrected chi connectivity index (χ4v) is 3.72. The van der Waals surface area contributed by atoms with E-state index in [1.165, 1.54) is 6.26 Å². The van der Waals surface area contributed by atoms with Crippen molar-refractivity contribution in [1.82, 2.24) is 9.97 Å². The summed E-state index contributed by atoms with van der Waals surface area (Å²) >= 11 is 0. The number of amides is 1. The predicted molar refractivity (Wildman–Crippen MR) is 116 cm³/mol. The monoisotopic (exact) mass is 431 g/mol. The third kappa shape index (κ3) is 6.40. The summed E-state index contributed by atoms with van der Waals surface area (Å²) < 4.78 is 25.2. The molecular weight excluding hydrogens is 406 g/mol. The number of ether oxygens (including phenoxy) is 1. The second-order valence-electron chi connectivity index (χ2n) is 7.06. The van der Waals surface area contributed by atoms with E-state index < -0.39 is 10.6 Å². The molecule has 0 radical (unpaired) electrons. The van der Waals surface area contributed by atoms with Crippen LogP contribution in [0.3, 0.4) is 0 Å². The molecule has 3 rings (SSSR count). The van der Waals surface area contributed by atoms with Crippen molar-refractivity contribution >= 4 is 28.0 Å². The Kier molecular flexibility index (Phi) is 7.23. The first kappa shape index (κ1) is 22.0. The molecule has 3 N–H and O–H groups in total. The van der Waals surface area contributed by atoms with Gasteiger partial charge in [0.15, 0.2) is 5.82 Å². The lowest BCUT2D eigenvalue weighted by atomic mass is 10.2. The highest BCUT2D eigenvalue weighted by Crippen LogP contribution is 2.38. The van der Waals surface area contributed by atoms with Gasteiger partial charge in [-0.05, 0) is 24.3 Å². The summed E-state index contributed by atoms with van der Waals surface area (Å²) in [6, 6.07) is 10.8. The average molecular weight is 432 g/mol. The number of carbonyl (C=O) groups excluding carboxylic acids is 1. The fourth-order valence-electron chi connectivity index (χ4n) is 3.02. The number of anilines is 2. The van der Waals surface area contributed by atoms with Crippen LogP contribution in [0, 0.1) is 11.3 Å². The summed E-state index contributed by atoms with van der Waals surface area (Å²) in [7, 11) is -2.76. The normalized spacial score (nSPS) is 14.8. The second kappa shape index (κ2) is 9.86. The number of hydrogen-bond acceptors (Lipinski definition) is 8. The zero-order valence-corrected chi connectivity index (χ0v) is 17.6. The molecule has 2 aromatic rings. The van der Waals surface area contributed by atoms with Gasteiger partial charge in [-0.1, -0.05) is 0 Å². The van der Waals surface area contributed by atoms with Crippen LogP contribution in [0.25, 0.3) is 11.4 Å². The Morgan fingerprint density at radius 1 is 1.27 bits per heavy atom. The van der Waals surface area contributed by atoms with E-state index in [0.717, 1.165) is 11.4 Å². The highest BCUT2D eigenvalue weighted by atomic mass is 32.3. The number of benzene rings is 1. The van der Waals surface area contributed by atoms with Gasteiger partial charge in [0.2, 0.25) is 5.91 Å². The van der Waals surface area contributed by atoms with Crippen molar-refractivity contribution in [3.63, 3.8) is 0 Å². The van der Waals surface area contributed by atoms with Gasteiger partial charge < -0.3 is 15.0 Å². The third-order valence-electron chi connectivity index (χ3n) is 4.41. The molecular formula is C20H25N5O4S. The van der Waals surface area contributed by atoms with Crippen molar-refractivity contribution in [2.75, 3.05) is 42.8 Å². The molecule has 1 amide bonds. The second-order valence-corrected chi connectivity index (χ2v) is 9.34. The third-order valence-corrected chi connectivity index (χ3v) is 5.26. The Morgan fingerprint density at radius 3 is 2.60 bits per heavy atom. The zero-order valence-electron chi connectivity index (χ0n) is 16.7. The molecule has 1 fully saturated rings. The first-order valence-electron chi connectivity index (χ1n) is 9.53. The molecule has 0 spiro atoms. The first-order chi connectivity index (χ1) is 14.3. The first-order valence-corrected chi connectivity index (χ1v) is 11.7. The molecule has 9 nitrogen and oxygen atoms in total. The van der Waals surface area contributed by atoms with Crippen molar-refractivity contribution in [1.29, 1.82) is 5.26 Å². The Bertz CT molecular complexity index is 918. The van der Waals surface area contributed by atoms with E-state index in [4.69, 9.17) is 10.00 Å². The standard InChI is InChI=1S/C20H25N5O4S/c1-30(27,28)14-17-13-18(25-9-11-29-12-10-25)24-20(23-17)15-4-6-16(7-5-15)22-19(26)3-2-8-21/h4-7,13,27-28H,2-3,9-12,14H2,1H3,(H,22,26). The maximum atomic E-state index is 11.8. The van der Waals surface area contributed by atoms with Crippen LogP contribution in [0.5, 0.6) is 0 Å². The van der Waals surface area contributed by atoms with Crippen molar-refractivity contribution in [3.8, 4) is 17.5 Å². The lowest BCUT2D eigenvalue weighted by molar-refractivity contribution is -0.116. The summed E-state index contributed by atoms with van der Waals surface area (Å²) in [6.07, 6.45) is 1.72. The molecule has 0 saturated carbocycles. The molecule has 1 aromatic carbocycles. The molecule has 160 valence electrons. The number of morpholine rings is 1. The van der Waals surface area contributed by atoms with Gasteiger partial charge in [-0.2, -0.15) is 15.9 Å². The quantitative estimate of drug-likeness (QED) is 0.609. The van der Waals surface area contributed by atoms with Crippen molar-refractivity contribution in [2.24, 2.45) is 0 Å². The van der Waals surface area contributed by atoms with Crippen LogP contribution in [0.15, 0.2) is 30.3 Å². The van der Waals surface area contributed by atoms with E-state index in [2.05, 4.69) is 20.2 Å². The molecule has 1 aliphatic heterocycles. The van der Waals surface area contributed by atoms with Crippen molar-refractivity contribution in [3.05, 3.63) is 36.0 Å². The van der Waals surface area contributed by atoms with Crippen molar-refractivity contribution in [2.45, 2.75) is 18.6 Å². The lowest BCUT2D eigenvalue weighted by Gasteiger charge is -2.30. The number of rotatable bonds is 7. The van der Waals surface area contributed by atoms with Gasteiger partial charge in [-0.25, -0.2) is 9.97 Å². The molecule has 1 saturated heterocycles. The molecule has 0 unspecified atom stereocenters. The van der Waals surface area contributed by atoms with Crippen LogP contribution in [0.2, 0.25) is 0 Å². The van der Waals surface area contributed by atoms with Gasteiger partial charge in [0, 0.05) is 49.5 Å². The van der Waals surface area contributed by atoms with E-state index >= 15 is 0 Å². The van der Waals surface area contributed by atoms with Gasteiger partial charge in [0.05, 0.1) is 30.7 Å². The minimum Gasteiger partial charge on any atom is -0.378 e. The highest BCUT2D eigenvalue weighted by molar-refractivity contribution is 8.23. The SMILES string of the molecule is CS(O)(O)Cc1cc(N2CCOCC2)nc(-c2ccc(NC(=O)CCC#N)cc2)n1. The van der Waals surface area contributed by atoms with E-state index in [1.54, 1.807) is 30.3 Å². The Balaban J connectivity index is 1.85. The Labute approximate surface area is 177 Å². The minimum absolute atomic E-state index is 0.0485. The molecule has 1 aliphatic rings. The van der Waals surface area contributed by atoms with E-state index in [-0.39, 0.29) is 24.5 Å². The number of carbonyl (C=O) groups is 1. The summed E-state index contributed by atoms with van der Waals surface area (Å²) in [4.78, 5) is 23.1. The summed E-state index contributed by atoms with van der Waals surface area (Å²) in [5.41, 5.74) is 1.92. The van der Waals surface area contributed by atoms with E-state index in [1.807, 2.05) is 6.07 Å². The van der Waals surface area contributed by atoms with Gasteiger partial charge in [-0.3, -0.25) is 13.9 Å². The van der Waals surface area contributed by atoms with Crippen LogP contribution in [0.4, 0.5) is 11.5 Å². The van der Waals surface area contributed by atoms with Gasteiger partial charge in [0.25, 0.3) is 0 Å². The van der Waals surface area contributed by atoms with Crippen LogP contribution < -0.4 is 10.2 Å². The van der Waals surface area contributed by atoms with Gasteiger partial charge in [0.1, 0.15) is 5.82 Å². The minimum atomic E-state index is -2.76. The van der Waals surface area contributed by atoms with Crippen molar-refractivity contribution < 1.29 is 18.6 Å². The summed E-state index contributed by atoms with van der Waals surface area (Å²) in [5, 5.41) is 11.3. The Hall–Kier alpha value is -2.71. The average Bonchev–Trinajstić information content (AvgIpc) is 2.72. The molecule has 0 aliphatic carbocycles. The van der Waals surface area contributed by atoms with E-state index in [9.17, 15) is 13.9 Å². The zero-order chi connectivity index (χ0) is 21.6. The largest absolute Gasteiger partial charge is 0.378 e. The number of nitrogens with zero attached hydrogens (tertiary/aromatic N) is 4. The van der Waals surface area contributed by atoms with Gasteiger partial charge >= 0.3 is 0 Å². The molecule has 0 atom stereocenters. The lowest BCUT2D eigenvalue weighted by Crippen LogP contribution is -2.37. The van der Waals surface area contributed by atoms with Gasteiger partial charge in [-0.15, -0.1) is 0 Å². The topological polar surface area (TPSA) is 132 Å². The number of hydrogen-bond donors (Lipinski definition) is 3. The molecule has 2 heterocycles. The smallest absolute Gasteiger partial charge is 0.225 e. The number of aromatic nitrogens is 2. The maximum absolute atomic E-state index is 11.8. The molecule has 1 aromatic heterocycles. The summed E-state index contributed by atoms with van der Waals surface area (Å²) in [5.74, 6) is 1.02. The molecule has 0 bridgehead atoms. The summed E-state index contributed by atoms with van der Waals surface area (Å²) in [6.45, 7) is 2.62. The highest BCUT2D eigenvalue weighted by Gasteiger charge is 2.18. The van der Waals surface area contributed by atoms with E-state index in [0.29, 0.717) is 43.5 Å². The fraction of sp³-hybridized carbons (Fsp3) is 0.400. The Morgan fingerprint density at radius 2 is 1.97 bits per heavy atom. The van der Waals surface area contributed by atoms with Crippen LogP contribution in [-0.4, -0.2) is 57.5 Å². The number of nitrogens with one attached hydrogen (secondary N) is 1. The van der Waals surface area contributed by atoms with Crippen LogP contribution in [0.1, 0.15) is 18.5 Å². The molecule has 30 heavy (non-hydrogen) atoms. The molecule has 10 heteroatoms. The van der Waals surface area contributed by atoms with Crippen LogP contribution in [-0.2, 0) is 15.3 Å².